The van der Waals surface area contributed by atoms with Crippen molar-refractivity contribution >= 4 is 35.2 Å². The Kier molecular flexibility index (Phi) is 7.14. The Morgan fingerprint density at radius 3 is 2.44 bits per heavy atom. The number of nitro benzene ring substituents is 1. The number of carbonyl (C=O) groups is 3. The van der Waals surface area contributed by atoms with Crippen molar-refractivity contribution in [2.24, 2.45) is 5.41 Å². The molecule has 0 radical (unpaired) electrons. The average molecular weight is 561 g/mol. The SMILES string of the molecule is CNC(=O)CCC(C=O)N1Cc2c(cccc2N2CC3(C2)CN(C2CCN(c4ccc([N+](=O)[O-])cc4)CC2)C3)C1=O. The van der Waals surface area contributed by atoms with Gasteiger partial charge in [-0.15, -0.1) is 0 Å². The van der Waals surface area contributed by atoms with Gasteiger partial charge in [0.05, 0.1) is 11.0 Å². The smallest absolute Gasteiger partial charge is 0.269 e. The van der Waals surface area contributed by atoms with E-state index in [1.165, 1.54) is 0 Å². The number of fused-ring (bicyclic) bond motifs is 1. The van der Waals surface area contributed by atoms with Gasteiger partial charge in [0, 0.05) is 105 Å². The van der Waals surface area contributed by atoms with Crippen molar-refractivity contribution in [2.75, 3.05) is 56.1 Å². The highest BCUT2D eigenvalue weighted by Crippen LogP contribution is 2.46. The molecule has 0 aromatic heterocycles. The lowest BCUT2D eigenvalue weighted by Gasteiger charge is -2.63. The third-order valence-electron chi connectivity index (χ3n) is 9.35. The van der Waals surface area contributed by atoms with Crippen LogP contribution in [0.25, 0.3) is 0 Å². The van der Waals surface area contributed by atoms with E-state index in [0.29, 0.717) is 30.0 Å². The van der Waals surface area contributed by atoms with Gasteiger partial charge < -0.3 is 24.8 Å². The molecule has 1 atom stereocenters. The molecule has 6 rings (SSSR count). The largest absolute Gasteiger partial charge is 0.371 e. The van der Waals surface area contributed by atoms with Crippen LogP contribution >= 0.6 is 0 Å². The van der Waals surface area contributed by atoms with Crippen molar-refractivity contribution in [2.45, 2.75) is 44.3 Å². The fourth-order valence-corrected chi connectivity index (χ4v) is 7.09. The zero-order valence-corrected chi connectivity index (χ0v) is 23.3. The van der Waals surface area contributed by atoms with Crippen LogP contribution in [-0.2, 0) is 16.1 Å². The fraction of sp³-hybridized carbons (Fsp3) is 0.500. The number of benzene rings is 2. The number of likely N-dealkylation sites (tertiary alicyclic amines) is 1. The second kappa shape index (κ2) is 10.8. The predicted octanol–water partition coefficient (Wildman–Crippen LogP) is 2.44. The van der Waals surface area contributed by atoms with Crippen LogP contribution in [0.4, 0.5) is 17.1 Å². The number of carbonyl (C=O) groups excluding carboxylic acids is 3. The quantitative estimate of drug-likeness (QED) is 0.282. The van der Waals surface area contributed by atoms with Gasteiger partial charge in [0.15, 0.2) is 0 Å². The first-order chi connectivity index (χ1) is 19.8. The Morgan fingerprint density at radius 1 is 1.10 bits per heavy atom. The van der Waals surface area contributed by atoms with E-state index in [4.69, 9.17) is 0 Å². The van der Waals surface area contributed by atoms with Crippen LogP contribution < -0.4 is 15.1 Å². The normalized spacial score (nSPS) is 20.8. The Balaban J connectivity index is 1.01. The lowest BCUT2D eigenvalue weighted by molar-refractivity contribution is -0.384. The van der Waals surface area contributed by atoms with Crippen molar-refractivity contribution in [3.05, 3.63) is 63.7 Å². The molecule has 11 nitrogen and oxygen atoms in total. The molecule has 3 fully saturated rings. The summed E-state index contributed by atoms with van der Waals surface area (Å²) in [5.74, 6) is -0.279. The average Bonchev–Trinajstić information content (AvgIpc) is 3.29. The molecule has 0 aliphatic carbocycles. The van der Waals surface area contributed by atoms with Crippen LogP contribution in [0, 0.1) is 15.5 Å². The molecule has 4 aliphatic rings. The van der Waals surface area contributed by atoms with Crippen molar-refractivity contribution in [3.63, 3.8) is 0 Å². The van der Waals surface area contributed by atoms with Gasteiger partial charge in [-0.2, -0.15) is 0 Å². The number of aldehydes is 1. The summed E-state index contributed by atoms with van der Waals surface area (Å²) >= 11 is 0. The second-order valence-corrected chi connectivity index (χ2v) is 11.9. The third kappa shape index (κ3) is 5.03. The standard InChI is InChI=1S/C30H36N6O5/c1-31-28(38)10-9-24(16-37)35-15-26-25(29(35)39)3-2-4-27(26)34-19-30(20-34)17-33(18-30)22-11-13-32(14-12-22)21-5-7-23(8-6-21)36(40)41/h2-8,16,22,24H,9-15,17-20H2,1H3,(H,31,38). The van der Waals surface area contributed by atoms with Gasteiger partial charge in [-0.25, -0.2) is 0 Å². The van der Waals surface area contributed by atoms with Crippen molar-refractivity contribution in [1.29, 1.82) is 0 Å². The number of rotatable bonds is 9. The van der Waals surface area contributed by atoms with E-state index in [0.717, 1.165) is 75.3 Å². The minimum Gasteiger partial charge on any atom is -0.371 e. The predicted molar refractivity (Wildman–Crippen MR) is 154 cm³/mol. The lowest BCUT2D eigenvalue weighted by Crippen LogP contribution is -2.74. The van der Waals surface area contributed by atoms with Crippen LogP contribution in [0.2, 0.25) is 0 Å². The molecular weight excluding hydrogens is 524 g/mol. The summed E-state index contributed by atoms with van der Waals surface area (Å²) in [6.07, 6.45) is 3.46. The number of hydrogen-bond donors (Lipinski definition) is 1. The summed E-state index contributed by atoms with van der Waals surface area (Å²) in [6, 6.07) is 12.6. The number of amides is 2. The van der Waals surface area contributed by atoms with Gasteiger partial charge in [0.2, 0.25) is 5.91 Å². The first kappa shape index (κ1) is 27.2. The Morgan fingerprint density at radius 2 is 1.80 bits per heavy atom. The second-order valence-electron chi connectivity index (χ2n) is 11.9. The monoisotopic (exact) mass is 560 g/mol. The number of non-ortho nitro benzene ring substituents is 1. The first-order valence-corrected chi connectivity index (χ1v) is 14.4. The van der Waals surface area contributed by atoms with Gasteiger partial charge >= 0.3 is 0 Å². The van der Waals surface area contributed by atoms with Gasteiger partial charge in [0.25, 0.3) is 11.6 Å². The Hall–Kier alpha value is -3.99. The van der Waals surface area contributed by atoms with E-state index in [2.05, 4.69) is 26.1 Å². The van der Waals surface area contributed by atoms with E-state index < -0.39 is 6.04 Å². The topological polar surface area (TPSA) is 119 Å². The van der Waals surface area contributed by atoms with Crippen molar-refractivity contribution in [3.8, 4) is 0 Å². The summed E-state index contributed by atoms with van der Waals surface area (Å²) < 4.78 is 0. The number of anilines is 2. The molecule has 2 amide bonds. The van der Waals surface area contributed by atoms with E-state index in [1.54, 1.807) is 24.1 Å². The minimum atomic E-state index is -0.616. The molecule has 0 saturated carbocycles. The number of piperidine rings is 1. The van der Waals surface area contributed by atoms with E-state index in [-0.39, 0.29) is 28.8 Å². The zero-order chi connectivity index (χ0) is 28.7. The van der Waals surface area contributed by atoms with Gasteiger partial charge in [-0.3, -0.25) is 24.6 Å². The Bertz CT molecular complexity index is 1340. The van der Waals surface area contributed by atoms with Gasteiger partial charge in [-0.1, -0.05) is 6.07 Å². The van der Waals surface area contributed by atoms with E-state index >= 15 is 0 Å². The van der Waals surface area contributed by atoms with Crippen LogP contribution in [0.3, 0.4) is 0 Å². The fourth-order valence-electron chi connectivity index (χ4n) is 7.09. The summed E-state index contributed by atoms with van der Waals surface area (Å²) in [4.78, 5) is 56.2. The number of nitrogens with one attached hydrogen (secondary N) is 1. The maximum absolute atomic E-state index is 13.2. The lowest BCUT2D eigenvalue weighted by atomic mass is 9.71. The van der Waals surface area contributed by atoms with Crippen LogP contribution in [0.15, 0.2) is 42.5 Å². The molecule has 11 heteroatoms. The molecule has 216 valence electrons. The summed E-state index contributed by atoms with van der Waals surface area (Å²) in [6.45, 7) is 6.38. The maximum atomic E-state index is 13.2. The molecule has 2 aromatic rings. The molecule has 1 N–H and O–H groups in total. The highest BCUT2D eigenvalue weighted by atomic mass is 16.6. The van der Waals surface area contributed by atoms with E-state index in [1.807, 2.05) is 24.3 Å². The molecule has 0 bridgehead atoms. The van der Waals surface area contributed by atoms with Crippen molar-refractivity contribution in [1.82, 2.24) is 15.1 Å². The molecule has 2 aromatic carbocycles. The zero-order valence-electron chi connectivity index (χ0n) is 23.3. The van der Waals surface area contributed by atoms with Crippen molar-refractivity contribution < 1.29 is 19.3 Å². The number of nitro groups is 1. The minimum absolute atomic E-state index is 0.122. The molecular formula is C30H36N6O5. The van der Waals surface area contributed by atoms with Crippen LogP contribution in [-0.4, -0.2) is 91.2 Å². The summed E-state index contributed by atoms with van der Waals surface area (Å²) in [5.41, 5.74) is 4.17. The number of hydrogen-bond acceptors (Lipinski definition) is 8. The maximum Gasteiger partial charge on any atom is 0.269 e. The van der Waals surface area contributed by atoms with E-state index in [9.17, 15) is 24.5 Å². The molecule has 4 aliphatic heterocycles. The first-order valence-electron chi connectivity index (χ1n) is 14.4. The summed E-state index contributed by atoms with van der Waals surface area (Å²) in [5, 5.41) is 13.5. The van der Waals surface area contributed by atoms with Crippen LogP contribution in [0.5, 0.6) is 0 Å². The molecule has 41 heavy (non-hydrogen) atoms. The van der Waals surface area contributed by atoms with Crippen LogP contribution in [0.1, 0.15) is 41.6 Å². The Labute approximate surface area is 239 Å². The van der Waals surface area contributed by atoms with Gasteiger partial charge in [0.1, 0.15) is 6.29 Å². The molecule has 4 heterocycles. The highest BCUT2D eigenvalue weighted by Gasteiger charge is 2.54. The highest BCUT2D eigenvalue weighted by molar-refractivity contribution is 6.01. The van der Waals surface area contributed by atoms with Gasteiger partial charge in [-0.05, 0) is 43.5 Å². The summed E-state index contributed by atoms with van der Waals surface area (Å²) in [7, 11) is 1.57. The molecule has 1 unspecified atom stereocenters. The third-order valence-corrected chi connectivity index (χ3v) is 9.35. The molecule has 3 saturated heterocycles. The molecule has 1 spiro atoms. The number of nitrogens with zero attached hydrogens (tertiary/aromatic N) is 5.